The Kier molecular flexibility index (Phi) is 8.60. The first kappa shape index (κ1) is 21.4. The Balaban J connectivity index is 1.63. The van der Waals surface area contributed by atoms with Gasteiger partial charge in [-0.2, -0.15) is 15.0 Å². The van der Waals surface area contributed by atoms with Crippen LogP contribution in [0.5, 0.6) is 0 Å². The molecule has 0 saturated carbocycles. The van der Waals surface area contributed by atoms with Crippen LogP contribution in [-0.2, 0) is 9.47 Å². The number of ether oxygens (including phenoxy) is 2. The Bertz CT molecular complexity index is 734. The molecule has 0 atom stereocenters. The van der Waals surface area contributed by atoms with Gasteiger partial charge in [-0.3, -0.25) is 0 Å². The molecule has 1 saturated heterocycles. The second kappa shape index (κ2) is 11.6. The highest BCUT2D eigenvalue weighted by Crippen LogP contribution is 2.22. The average Bonchev–Trinajstić information content (AvgIpc) is 2.76. The number of anilines is 2. The zero-order valence-corrected chi connectivity index (χ0v) is 17.3. The number of hydrogen-bond acceptors (Lipinski definition) is 8. The minimum Gasteiger partial charge on any atom is -0.378 e. The SMILES string of the molecule is Cc1ccc(-c2nc(NCCOCCOCCN)nc(N3CCCCC3)n2)cc1. The lowest BCUT2D eigenvalue weighted by molar-refractivity contribution is 0.0547. The van der Waals surface area contributed by atoms with Crippen molar-refractivity contribution in [3.8, 4) is 11.4 Å². The van der Waals surface area contributed by atoms with Crippen molar-refractivity contribution >= 4 is 11.9 Å². The third-order valence-corrected chi connectivity index (χ3v) is 4.74. The lowest BCUT2D eigenvalue weighted by Crippen LogP contribution is -2.31. The van der Waals surface area contributed by atoms with E-state index in [9.17, 15) is 0 Å². The summed E-state index contributed by atoms with van der Waals surface area (Å²) in [5.74, 6) is 2.02. The number of nitrogens with zero attached hydrogens (tertiary/aromatic N) is 4. The molecular formula is C21H32N6O2. The van der Waals surface area contributed by atoms with E-state index in [4.69, 9.17) is 20.2 Å². The fourth-order valence-electron chi connectivity index (χ4n) is 3.15. The van der Waals surface area contributed by atoms with Crippen LogP contribution in [0, 0.1) is 6.92 Å². The first-order valence-electron chi connectivity index (χ1n) is 10.4. The minimum absolute atomic E-state index is 0.531. The predicted octanol–water partition coefficient (Wildman–Crippen LogP) is 2.24. The van der Waals surface area contributed by atoms with Crippen LogP contribution in [0.15, 0.2) is 24.3 Å². The van der Waals surface area contributed by atoms with E-state index in [1.165, 1.54) is 24.8 Å². The highest BCUT2D eigenvalue weighted by atomic mass is 16.5. The van der Waals surface area contributed by atoms with Gasteiger partial charge in [0.05, 0.1) is 26.4 Å². The van der Waals surface area contributed by atoms with Crippen molar-refractivity contribution in [1.29, 1.82) is 0 Å². The number of nitrogens with two attached hydrogens (primary N) is 1. The summed E-state index contributed by atoms with van der Waals surface area (Å²) in [6, 6.07) is 8.26. The number of aromatic nitrogens is 3. The van der Waals surface area contributed by atoms with Gasteiger partial charge in [0, 0.05) is 31.7 Å². The number of benzene rings is 1. The van der Waals surface area contributed by atoms with Crippen molar-refractivity contribution in [2.45, 2.75) is 26.2 Å². The third-order valence-electron chi connectivity index (χ3n) is 4.74. The standard InChI is InChI=1S/C21H32N6O2/c1-17-5-7-18(8-6-17)19-24-20(23-10-14-29-16-15-28-13-9-22)26-21(25-19)27-11-3-2-4-12-27/h5-8H,2-4,9-16,22H2,1H3,(H,23,24,25,26). The van der Waals surface area contributed by atoms with E-state index in [1.54, 1.807) is 0 Å². The third kappa shape index (κ3) is 6.92. The second-order valence-corrected chi connectivity index (χ2v) is 7.14. The normalized spacial score (nSPS) is 14.2. The molecule has 29 heavy (non-hydrogen) atoms. The number of nitrogens with one attached hydrogen (secondary N) is 1. The van der Waals surface area contributed by atoms with Gasteiger partial charge in [-0.15, -0.1) is 0 Å². The Hall–Kier alpha value is -2.29. The van der Waals surface area contributed by atoms with Crippen LogP contribution >= 0.6 is 0 Å². The van der Waals surface area contributed by atoms with E-state index < -0.39 is 0 Å². The summed E-state index contributed by atoms with van der Waals surface area (Å²) in [7, 11) is 0. The Morgan fingerprint density at radius 1 is 0.931 bits per heavy atom. The van der Waals surface area contributed by atoms with Gasteiger partial charge in [-0.05, 0) is 26.2 Å². The molecule has 0 amide bonds. The smallest absolute Gasteiger partial charge is 0.230 e. The first-order valence-corrected chi connectivity index (χ1v) is 10.4. The van der Waals surface area contributed by atoms with Crippen molar-refractivity contribution in [2.24, 2.45) is 5.73 Å². The van der Waals surface area contributed by atoms with E-state index in [1.807, 2.05) is 0 Å². The van der Waals surface area contributed by atoms with Crippen LogP contribution < -0.4 is 16.0 Å². The first-order chi connectivity index (χ1) is 14.3. The van der Waals surface area contributed by atoms with Gasteiger partial charge in [-0.1, -0.05) is 29.8 Å². The molecule has 2 heterocycles. The zero-order valence-electron chi connectivity index (χ0n) is 17.3. The van der Waals surface area contributed by atoms with Crippen molar-refractivity contribution in [3.63, 3.8) is 0 Å². The molecule has 3 rings (SSSR count). The summed E-state index contributed by atoms with van der Waals surface area (Å²) in [6.45, 7) is 7.42. The molecule has 1 aliphatic heterocycles. The van der Waals surface area contributed by atoms with Crippen LogP contribution in [0.2, 0.25) is 0 Å². The highest BCUT2D eigenvalue weighted by molar-refractivity contribution is 5.58. The molecule has 0 radical (unpaired) electrons. The highest BCUT2D eigenvalue weighted by Gasteiger charge is 2.17. The molecule has 1 fully saturated rings. The summed E-state index contributed by atoms with van der Waals surface area (Å²) in [4.78, 5) is 16.3. The molecule has 0 unspecified atom stereocenters. The molecule has 8 nitrogen and oxygen atoms in total. The summed E-state index contributed by atoms with van der Waals surface area (Å²) < 4.78 is 10.9. The van der Waals surface area contributed by atoms with Gasteiger partial charge >= 0.3 is 0 Å². The maximum atomic E-state index is 5.57. The Morgan fingerprint density at radius 3 is 2.38 bits per heavy atom. The number of piperidine rings is 1. The minimum atomic E-state index is 0.531. The van der Waals surface area contributed by atoms with Crippen molar-refractivity contribution < 1.29 is 9.47 Å². The maximum absolute atomic E-state index is 5.57. The predicted molar refractivity (Wildman–Crippen MR) is 115 cm³/mol. The lowest BCUT2D eigenvalue weighted by atomic mass is 10.1. The molecule has 3 N–H and O–H groups in total. The molecular weight excluding hydrogens is 368 g/mol. The van der Waals surface area contributed by atoms with E-state index in [-0.39, 0.29) is 0 Å². The fourth-order valence-corrected chi connectivity index (χ4v) is 3.15. The second-order valence-electron chi connectivity index (χ2n) is 7.14. The molecule has 0 bridgehead atoms. The molecule has 1 aliphatic rings. The van der Waals surface area contributed by atoms with Crippen LogP contribution in [0.1, 0.15) is 24.8 Å². The average molecular weight is 401 g/mol. The van der Waals surface area contributed by atoms with Gasteiger partial charge in [-0.25, -0.2) is 0 Å². The van der Waals surface area contributed by atoms with E-state index in [0.29, 0.717) is 51.3 Å². The maximum Gasteiger partial charge on any atom is 0.230 e. The van der Waals surface area contributed by atoms with Crippen molar-refractivity contribution in [1.82, 2.24) is 15.0 Å². The van der Waals surface area contributed by atoms with Crippen molar-refractivity contribution in [2.75, 3.05) is 62.8 Å². The van der Waals surface area contributed by atoms with E-state index >= 15 is 0 Å². The Labute approximate surface area is 172 Å². The fraction of sp³-hybridized carbons (Fsp3) is 0.571. The van der Waals surface area contributed by atoms with Crippen LogP contribution in [-0.4, -0.2) is 67.6 Å². The van der Waals surface area contributed by atoms with Gasteiger partial charge in [0.15, 0.2) is 5.82 Å². The Morgan fingerprint density at radius 2 is 1.66 bits per heavy atom. The van der Waals surface area contributed by atoms with Gasteiger partial charge in [0.2, 0.25) is 11.9 Å². The summed E-state index contributed by atoms with van der Waals surface area (Å²) >= 11 is 0. The largest absolute Gasteiger partial charge is 0.378 e. The van der Waals surface area contributed by atoms with Crippen LogP contribution in [0.4, 0.5) is 11.9 Å². The van der Waals surface area contributed by atoms with Crippen LogP contribution in [0.25, 0.3) is 11.4 Å². The lowest BCUT2D eigenvalue weighted by Gasteiger charge is -2.27. The van der Waals surface area contributed by atoms with Gasteiger partial charge in [0.25, 0.3) is 0 Å². The summed E-state index contributed by atoms with van der Waals surface area (Å²) in [5, 5.41) is 3.27. The zero-order chi connectivity index (χ0) is 20.3. The molecule has 0 spiro atoms. The molecule has 158 valence electrons. The number of aryl methyl sites for hydroxylation is 1. The molecule has 1 aromatic carbocycles. The number of rotatable bonds is 11. The number of hydrogen-bond donors (Lipinski definition) is 2. The quantitative estimate of drug-likeness (QED) is 0.554. The molecule has 2 aromatic rings. The molecule has 8 heteroatoms. The molecule has 1 aromatic heterocycles. The summed E-state index contributed by atoms with van der Waals surface area (Å²) in [6.07, 6.45) is 3.62. The van der Waals surface area contributed by atoms with Crippen molar-refractivity contribution in [3.05, 3.63) is 29.8 Å². The molecule has 0 aliphatic carbocycles. The summed E-state index contributed by atoms with van der Waals surface area (Å²) in [5.41, 5.74) is 7.59. The van der Waals surface area contributed by atoms with Gasteiger partial charge < -0.3 is 25.4 Å². The van der Waals surface area contributed by atoms with E-state index in [2.05, 4.69) is 51.4 Å². The van der Waals surface area contributed by atoms with Gasteiger partial charge in [0.1, 0.15) is 0 Å². The van der Waals surface area contributed by atoms with Crippen LogP contribution in [0.3, 0.4) is 0 Å². The van der Waals surface area contributed by atoms with E-state index in [0.717, 1.165) is 24.6 Å². The topological polar surface area (TPSA) is 98.4 Å². The monoisotopic (exact) mass is 400 g/mol.